The average Bonchev–Trinajstić information content (AvgIpc) is 3.05. The highest BCUT2D eigenvalue weighted by Crippen LogP contribution is 2.26. The second-order valence-electron chi connectivity index (χ2n) is 4.81. The molecule has 1 heterocycles. The van der Waals surface area contributed by atoms with E-state index in [1.165, 1.54) is 12.3 Å². The molecule has 0 atom stereocenters. The Labute approximate surface area is 132 Å². The second-order valence-corrected chi connectivity index (χ2v) is 4.81. The van der Waals surface area contributed by atoms with Gasteiger partial charge in [0.1, 0.15) is 5.82 Å². The van der Waals surface area contributed by atoms with Crippen LogP contribution in [-0.4, -0.2) is 10.2 Å². The molecule has 0 spiro atoms. The molecule has 3 aromatic rings. The van der Waals surface area contributed by atoms with Crippen LogP contribution in [0.5, 0.6) is 0 Å². The summed E-state index contributed by atoms with van der Waals surface area (Å²) in [6.07, 6.45) is 1.54. The summed E-state index contributed by atoms with van der Waals surface area (Å²) < 4.78 is 19.2. The van der Waals surface area contributed by atoms with E-state index in [4.69, 9.17) is 9.62 Å². The lowest BCUT2D eigenvalue weighted by atomic mass is 10.1. The van der Waals surface area contributed by atoms with E-state index in [9.17, 15) is 4.39 Å². The van der Waals surface area contributed by atoms with Crippen molar-refractivity contribution in [2.24, 2.45) is 0 Å². The van der Waals surface area contributed by atoms with Gasteiger partial charge in [-0.2, -0.15) is 0 Å². The molecule has 0 aliphatic rings. The van der Waals surface area contributed by atoms with Crippen LogP contribution in [-0.2, 0) is 0 Å². The highest BCUT2D eigenvalue weighted by atomic mass is 19.1. The Balaban J connectivity index is 1.85. The van der Waals surface area contributed by atoms with Crippen molar-refractivity contribution in [2.75, 3.05) is 5.32 Å². The standard InChI is InChI=1S/C17H14FN3O2/c1-11(21-22)12-5-4-6-13(9-12)16-10-19-17(23-16)20-15-8-3-2-7-14(15)18/h2-10,21-22H,1H2,(H,19,20). The Bertz CT molecular complexity index is 845. The Hall–Kier alpha value is -3.12. The van der Waals surface area contributed by atoms with E-state index in [1.54, 1.807) is 36.4 Å². The summed E-state index contributed by atoms with van der Waals surface area (Å²) in [5.74, 6) is 0.121. The Morgan fingerprint density at radius 3 is 2.78 bits per heavy atom. The van der Waals surface area contributed by atoms with E-state index in [1.807, 2.05) is 11.5 Å². The van der Waals surface area contributed by atoms with Crippen molar-refractivity contribution < 1.29 is 14.0 Å². The zero-order valence-corrected chi connectivity index (χ0v) is 12.1. The number of nitrogens with zero attached hydrogens (tertiary/aromatic N) is 1. The molecule has 3 rings (SSSR count). The third kappa shape index (κ3) is 3.22. The SMILES string of the molecule is C=C(NO)c1cccc(-c2cnc(Nc3ccccc3F)o2)c1. The Morgan fingerprint density at radius 2 is 2.00 bits per heavy atom. The van der Waals surface area contributed by atoms with Gasteiger partial charge in [0.25, 0.3) is 6.01 Å². The molecule has 0 radical (unpaired) electrons. The normalized spacial score (nSPS) is 10.3. The maximum absolute atomic E-state index is 13.6. The van der Waals surface area contributed by atoms with Crippen LogP contribution in [0.2, 0.25) is 0 Å². The molecule has 0 amide bonds. The van der Waals surface area contributed by atoms with Crippen molar-refractivity contribution in [3.8, 4) is 11.3 Å². The molecule has 0 saturated carbocycles. The number of nitrogens with one attached hydrogen (secondary N) is 2. The molecular formula is C17H14FN3O2. The van der Waals surface area contributed by atoms with Crippen LogP contribution < -0.4 is 10.8 Å². The van der Waals surface area contributed by atoms with Crippen molar-refractivity contribution in [3.05, 3.63) is 72.7 Å². The summed E-state index contributed by atoms with van der Waals surface area (Å²) in [6, 6.07) is 13.7. The van der Waals surface area contributed by atoms with E-state index in [-0.39, 0.29) is 17.5 Å². The number of aromatic nitrogens is 1. The fourth-order valence-electron chi connectivity index (χ4n) is 2.07. The first-order valence-electron chi connectivity index (χ1n) is 6.84. The first-order chi connectivity index (χ1) is 11.2. The zero-order valence-electron chi connectivity index (χ0n) is 12.1. The summed E-state index contributed by atoms with van der Waals surface area (Å²) in [7, 11) is 0. The molecule has 1 aromatic heterocycles. The summed E-state index contributed by atoms with van der Waals surface area (Å²) in [6.45, 7) is 3.69. The Morgan fingerprint density at radius 1 is 1.17 bits per heavy atom. The van der Waals surface area contributed by atoms with E-state index < -0.39 is 0 Å². The minimum Gasteiger partial charge on any atom is -0.423 e. The van der Waals surface area contributed by atoms with E-state index in [2.05, 4.69) is 16.9 Å². The largest absolute Gasteiger partial charge is 0.423 e. The number of rotatable bonds is 5. The van der Waals surface area contributed by atoms with Crippen molar-refractivity contribution in [1.82, 2.24) is 10.5 Å². The first-order valence-corrected chi connectivity index (χ1v) is 6.84. The Kier molecular flexibility index (Phi) is 4.07. The smallest absolute Gasteiger partial charge is 0.299 e. The molecule has 0 unspecified atom stereocenters. The molecule has 0 aliphatic heterocycles. The third-order valence-electron chi connectivity index (χ3n) is 3.25. The molecule has 3 N–H and O–H groups in total. The van der Waals surface area contributed by atoms with Gasteiger partial charge in [-0.05, 0) is 23.8 Å². The number of hydrogen-bond donors (Lipinski definition) is 3. The molecule has 0 bridgehead atoms. The van der Waals surface area contributed by atoms with E-state index in [0.29, 0.717) is 17.0 Å². The number of benzene rings is 2. The summed E-state index contributed by atoms with van der Waals surface area (Å²) in [5.41, 5.74) is 4.14. The topological polar surface area (TPSA) is 70.3 Å². The van der Waals surface area contributed by atoms with Gasteiger partial charge in [0, 0.05) is 5.56 Å². The predicted octanol–water partition coefficient (Wildman–Crippen LogP) is 4.17. The fourth-order valence-corrected chi connectivity index (χ4v) is 2.07. The van der Waals surface area contributed by atoms with Gasteiger partial charge < -0.3 is 9.73 Å². The lowest BCUT2D eigenvalue weighted by molar-refractivity contribution is 0.225. The van der Waals surface area contributed by atoms with Crippen molar-refractivity contribution in [2.45, 2.75) is 0 Å². The second kappa shape index (κ2) is 6.33. The van der Waals surface area contributed by atoms with Gasteiger partial charge in [-0.1, -0.05) is 36.9 Å². The van der Waals surface area contributed by atoms with Crippen LogP contribution in [0.1, 0.15) is 5.56 Å². The van der Waals surface area contributed by atoms with Crippen LogP contribution >= 0.6 is 0 Å². The quantitative estimate of drug-likeness (QED) is 0.617. The number of anilines is 2. The molecule has 5 nitrogen and oxygen atoms in total. The van der Waals surface area contributed by atoms with Crippen molar-refractivity contribution in [3.63, 3.8) is 0 Å². The average molecular weight is 311 g/mol. The van der Waals surface area contributed by atoms with Gasteiger partial charge in [0.2, 0.25) is 0 Å². The first kappa shape index (κ1) is 14.8. The minimum atomic E-state index is -0.389. The van der Waals surface area contributed by atoms with Crippen molar-refractivity contribution >= 4 is 17.4 Å². The lowest BCUT2D eigenvalue weighted by Crippen LogP contribution is -2.03. The van der Waals surface area contributed by atoms with E-state index >= 15 is 0 Å². The maximum Gasteiger partial charge on any atom is 0.299 e. The number of para-hydroxylation sites is 1. The molecule has 116 valence electrons. The lowest BCUT2D eigenvalue weighted by Gasteiger charge is -2.05. The van der Waals surface area contributed by atoms with Gasteiger partial charge in [-0.3, -0.25) is 10.7 Å². The fraction of sp³-hybridized carbons (Fsp3) is 0. The number of oxazole rings is 1. The molecule has 6 heteroatoms. The highest BCUT2D eigenvalue weighted by molar-refractivity contribution is 5.68. The molecule has 0 saturated heterocycles. The van der Waals surface area contributed by atoms with Crippen LogP contribution in [0.15, 0.2) is 65.7 Å². The molecule has 0 aliphatic carbocycles. The van der Waals surface area contributed by atoms with Crippen molar-refractivity contribution in [1.29, 1.82) is 0 Å². The van der Waals surface area contributed by atoms with Gasteiger partial charge in [0.15, 0.2) is 5.76 Å². The molecule has 23 heavy (non-hydrogen) atoms. The minimum absolute atomic E-state index is 0.189. The van der Waals surface area contributed by atoms with Gasteiger partial charge in [0.05, 0.1) is 17.6 Å². The van der Waals surface area contributed by atoms with Gasteiger partial charge in [-0.15, -0.1) is 0 Å². The van der Waals surface area contributed by atoms with Crippen LogP contribution in [0, 0.1) is 5.82 Å². The maximum atomic E-state index is 13.6. The molecule has 2 aromatic carbocycles. The zero-order chi connectivity index (χ0) is 16.2. The number of halogens is 1. The van der Waals surface area contributed by atoms with E-state index in [0.717, 1.165) is 5.56 Å². The van der Waals surface area contributed by atoms with Gasteiger partial charge in [-0.25, -0.2) is 9.37 Å². The summed E-state index contributed by atoms with van der Waals surface area (Å²) in [4.78, 5) is 4.09. The molecule has 0 fully saturated rings. The van der Waals surface area contributed by atoms with Crippen LogP contribution in [0.25, 0.3) is 17.0 Å². The van der Waals surface area contributed by atoms with Crippen LogP contribution in [0.4, 0.5) is 16.1 Å². The summed E-state index contributed by atoms with van der Waals surface area (Å²) in [5, 5.41) is 11.7. The third-order valence-corrected chi connectivity index (χ3v) is 3.25. The molecular weight excluding hydrogens is 297 g/mol. The summed E-state index contributed by atoms with van der Waals surface area (Å²) >= 11 is 0. The number of hydroxylamine groups is 1. The van der Waals surface area contributed by atoms with Crippen LogP contribution in [0.3, 0.4) is 0 Å². The highest BCUT2D eigenvalue weighted by Gasteiger charge is 2.09. The predicted molar refractivity (Wildman–Crippen MR) is 85.6 cm³/mol. The van der Waals surface area contributed by atoms with Gasteiger partial charge >= 0.3 is 0 Å². The number of hydrogen-bond acceptors (Lipinski definition) is 5. The monoisotopic (exact) mass is 311 g/mol.